The molecule has 0 radical (unpaired) electrons. The topological polar surface area (TPSA) is 29.3 Å². The zero-order chi connectivity index (χ0) is 14.8. The van der Waals surface area contributed by atoms with Gasteiger partial charge in [0.05, 0.1) is 5.56 Å². The number of thiocarbonyl (C=S) groups is 1. The van der Waals surface area contributed by atoms with Crippen molar-refractivity contribution in [3.05, 3.63) is 29.3 Å². The molecule has 0 saturated carbocycles. The molecule has 1 aromatic rings. The van der Waals surface area contributed by atoms with E-state index in [-0.39, 0.29) is 16.6 Å². The number of benzene rings is 1. The van der Waals surface area contributed by atoms with Gasteiger partial charge in [-0.25, -0.2) is 0 Å². The maximum Gasteiger partial charge on any atom is 0.417 e. The summed E-state index contributed by atoms with van der Waals surface area (Å²) in [4.78, 5) is 1.63. The minimum absolute atomic E-state index is 0.113. The van der Waals surface area contributed by atoms with Gasteiger partial charge in [0.1, 0.15) is 4.99 Å². The zero-order valence-electron chi connectivity index (χ0n) is 11.1. The molecule has 0 saturated heterocycles. The first-order valence-electron chi connectivity index (χ1n) is 5.96. The number of halogens is 3. The van der Waals surface area contributed by atoms with Crippen molar-refractivity contribution in [1.29, 1.82) is 0 Å². The maximum absolute atomic E-state index is 13.0. The van der Waals surface area contributed by atoms with Crippen LogP contribution in [0.5, 0.6) is 0 Å². The lowest BCUT2D eigenvalue weighted by Crippen LogP contribution is -2.31. The molecular formula is C13H17F3N2S. The summed E-state index contributed by atoms with van der Waals surface area (Å²) in [6.45, 7) is 6.38. The molecule has 106 valence electrons. The van der Waals surface area contributed by atoms with E-state index in [0.29, 0.717) is 12.2 Å². The van der Waals surface area contributed by atoms with E-state index >= 15 is 0 Å². The number of alkyl halides is 3. The Balaban J connectivity index is 3.37. The van der Waals surface area contributed by atoms with Crippen LogP contribution in [0.4, 0.5) is 18.9 Å². The van der Waals surface area contributed by atoms with Gasteiger partial charge in [-0.05, 0) is 39.0 Å². The van der Waals surface area contributed by atoms with E-state index in [9.17, 15) is 13.2 Å². The molecule has 0 heterocycles. The van der Waals surface area contributed by atoms with Gasteiger partial charge >= 0.3 is 6.18 Å². The second-order valence-electron chi connectivity index (χ2n) is 4.47. The molecule has 0 bridgehead atoms. The van der Waals surface area contributed by atoms with Crippen LogP contribution >= 0.6 is 12.2 Å². The number of anilines is 1. The quantitative estimate of drug-likeness (QED) is 0.860. The van der Waals surface area contributed by atoms with Gasteiger partial charge < -0.3 is 10.6 Å². The van der Waals surface area contributed by atoms with E-state index in [1.54, 1.807) is 6.07 Å². The third-order valence-electron chi connectivity index (χ3n) is 2.87. The molecule has 1 rings (SSSR count). The number of nitrogens with zero attached hydrogens (tertiary/aromatic N) is 1. The predicted molar refractivity (Wildman–Crippen MR) is 75.5 cm³/mol. The second kappa shape index (κ2) is 5.77. The van der Waals surface area contributed by atoms with Crippen molar-refractivity contribution in [2.45, 2.75) is 33.0 Å². The molecular weight excluding hydrogens is 273 g/mol. The Morgan fingerprint density at radius 1 is 1.37 bits per heavy atom. The molecule has 6 heteroatoms. The van der Waals surface area contributed by atoms with Crippen LogP contribution in [-0.4, -0.2) is 17.6 Å². The van der Waals surface area contributed by atoms with Crippen molar-refractivity contribution in [2.75, 3.05) is 11.4 Å². The van der Waals surface area contributed by atoms with Crippen LogP contribution in [0.15, 0.2) is 18.2 Å². The Hall–Kier alpha value is -1.30. The number of hydrogen-bond acceptors (Lipinski definition) is 2. The molecule has 2 N–H and O–H groups in total. The molecule has 0 spiro atoms. The van der Waals surface area contributed by atoms with Crippen LogP contribution in [0.1, 0.15) is 31.9 Å². The lowest BCUT2D eigenvalue weighted by molar-refractivity contribution is -0.137. The maximum atomic E-state index is 13.0. The number of rotatable bonds is 4. The zero-order valence-corrected chi connectivity index (χ0v) is 11.9. The SMILES string of the molecule is CCN(c1ccc(C(N)=S)c(C(F)(F)F)c1)C(C)C. The lowest BCUT2D eigenvalue weighted by Gasteiger charge is -2.28. The molecule has 0 aliphatic rings. The van der Waals surface area contributed by atoms with Gasteiger partial charge in [-0.3, -0.25) is 0 Å². The first-order valence-corrected chi connectivity index (χ1v) is 6.37. The Morgan fingerprint density at radius 2 is 1.95 bits per heavy atom. The molecule has 0 aliphatic heterocycles. The van der Waals surface area contributed by atoms with Gasteiger partial charge in [-0.2, -0.15) is 13.2 Å². The van der Waals surface area contributed by atoms with Crippen molar-refractivity contribution in [2.24, 2.45) is 5.73 Å². The van der Waals surface area contributed by atoms with Crippen LogP contribution in [0.25, 0.3) is 0 Å². The van der Waals surface area contributed by atoms with E-state index in [2.05, 4.69) is 12.2 Å². The Bertz CT molecular complexity index is 469. The summed E-state index contributed by atoms with van der Waals surface area (Å²) in [5.74, 6) is 0. The van der Waals surface area contributed by atoms with Crippen LogP contribution in [0.2, 0.25) is 0 Å². The van der Waals surface area contributed by atoms with E-state index in [0.717, 1.165) is 6.07 Å². The van der Waals surface area contributed by atoms with Crippen molar-refractivity contribution in [1.82, 2.24) is 0 Å². The van der Waals surface area contributed by atoms with E-state index in [1.165, 1.54) is 6.07 Å². The summed E-state index contributed by atoms with van der Waals surface area (Å²) in [5.41, 5.74) is 4.95. The van der Waals surface area contributed by atoms with Crippen molar-refractivity contribution in [3.8, 4) is 0 Å². The molecule has 1 aromatic carbocycles. The van der Waals surface area contributed by atoms with Crippen LogP contribution in [0, 0.1) is 0 Å². The fourth-order valence-electron chi connectivity index (χ4n) is 2.01. The highest BCUT2D eigenvalue weighted by Gasteiger charge is 2.34. The van der Waals surface area contributed by atoms with Gasteiger partial charge in [0.25, 0.3) is 0 Å². The van der Waals surface area contributed by atoms with Gasteiger partial charge in [0.15, 0.2) is 0 Å². The molecule has 2 nitrogen and oxygen atoms in total. The van der Waals surface area contributed by atoms with Gasteiger partial charge in [0.2, 0.25) is 0 Å². The fraction of sp³-hybridized carbons (Fsp3) is 0.462. The van der Waals surface area contributed by atoms with Gasteiger partial charge in [-0.1, -0.05) is 12.2 Å². The smallest absolute Gasteiger partial charge is 0.389 e. The standard InChI is InChI=1S/C13H17F3N2S/c1-4-18(8(2)3)9-5-6-10(12(17)19)11(7-9)13(14,15)16/h5-8H,4H2,1-3H3,(H2,17,19). The predicted octanol–water partition coefficient (Wildman–Crippen LogP) is 3.57. The van der Waals surface area contributed by atoms with Gasteiger partial charge in [0, 0.05) is 23.8 Å². The molecule has 0 aliphatic carbocycles. The van der Waals surface area contributed by atoms with Gasteiger partial charge in [-0.15, -0.1) is 0 Å². The first-order chi connectivity index (χ1) is 8.68. The summed E-state index contributed by atoms with van der Waals surface area (Å²) < 4.78 is 39.1. The molecule has 0 atom stereocenters. The highest BCUT2D eigenvalue weighted by atomic mass is 32.1. The van der Waals surface area contributed by atoms with Crippen molar-refractivity contribution >= 4 is 22.9 Å². The molecule has 0 amide bonds. The first kappa shape index (κ1) is 15.8. The summed E-state index contributed by atoms with van der Waals surface area (Å²) in [5, 5.41) is 0. The third-order valence-corrected chi connectivity index (χ3v) is 3.09. The largest absolute Gasteiger partial charge is 0.417 e. The van der Waals surface area contributed by atoms with Crippen molar-refractivity contribution in [3.63, 3.8) is 0 Å². The lowest BCUT2D eigenvalue weighted by atomic mass is 10.0. The van der Waals surface area contributed by atoms with Crippen molar-refractivity contribution < 1.29 is 13.2 Å². The minimum Gasteiger partial charge on any atom is -0.389 e. The molecule has 19 heavy (non-hydrogen) atoms. The summed E-state index contributed by atoms with van der Waals surface area (Å²) in [7, 11) is 0. The highest BCUT2D eigenvalue weighted by molar-refractivity contribution is 7.80. The Kier molecular flexibility index (Phi) is 4.79. The molecule has 0 fully saturated rings. The average Bonchev–Trinajstić information content (AvgIpc) is 2.27. The van der Waals surface area contributed by atoms with Crippen LogP contribution in [0.3, 0.4) is 0 Å². The third kappa shape index (κ3) is 3.59. The van der Waals surface area contributed by atoms with E-state index < -0.39 is 11.7 Å². The Morgan fingerprint density at radius 3 is 2.32 bits per heavy atom. The summed E-state index contributed by atoms with van der Waals surface area (Å²) >= 11 is 4.67. The fourth-order valence-corrected chi connectivity index (χ4v) is 2.18. The number of nitrogens with two attached hydrogens (primary N) is 1. The number of hydrogen-bond donors (Lipinski definition) is 1. The van der Waals surface area contributed by atoms with E-state index in [1.807, 2.05) is 25.7 Å². The monoisotopic (exact) mass is 290 g/mol. The van der Waals surface area contributed by atoms with E-state index in [4.69, 9.17) is 5.73 Å². The normalized spacial score (nSPS) is 11.7. The summed E-state index contributed by atoms with van der Waals surface area (Å²) in [6.07, 6.45) is -4.47. The average molecular weight is 290 g/mol. The van der Waals surface area contributed by atoms with Crippen LogP contribution < -0.4 is 10.6 Å². The molecule has 0 unspecified atom stereocenters. The Labute approximate surface area is 116 Å². The van der Waals surface area contributed by atoms with Crippen LogP contribution in [-0.2, 0) is 6.18 Å². The summed E-state index contributed by atoms with van der Waals surface area (Å²) in [6, 6.07) is 4.18. The second-order valence-corrected chi connectivity index (χ2v) is 4.91. The minimum atomic E-state index is -4.47. The molecule has 0 aromatic heterocycles. The highest BCUT2D eigenvalue weighted by Crippen LogP contribution is 2.35.